The number of aromatic nitrogens is 1. The molecule has 2 heterocycles. The number of nitro groups is 1. The quantitative estimate of drug-likeness (QED) is 0.450. The predicted molar refractivity (Wildman–Crippen MR) is 114 cm³/mol. The SMILES string of the molecule is O=[N+]([O-])c1ccc(N2CCN(CCOc3ccccc3Cl)CC2)c2ncccc12. The first-order valence-electron chi connectivity index (χ1n) is 9.50. The zero-order valence-corrected chi connectivity index (χ0v) is 16.6. The molecule has 0 unspecified atom stereocenters. The number of fused-ring (bicyclic) bond motifs is 1. The monoisotopic (exact) mass is 412 g/mol. The maximum absolute atomic E-state index is 11.3. The Morgan fingerprint density at radius 3 is 2.62 bits per heavy atom. The van der Waals surface area contributed by atoms with E-state index in [1.807, 2.05) is 30.3 Å². The number of para-hydroxylation sites is 1. The molecule has 8 heteroatoms. The van der Waals surface area contributed by atoms with Crippen LogP contribution in [0.3, 0.4) is 0 Å². The first-order valence-corrected chi connectivity index (χ1v) is 9.88. The molecule has 1 fully saturated rings. The lowest BCUT2D eigenvalue weighted by Crippen LogP contribution is -2.47. The van der Waals surface area contributed by atoms with Gasteiger partial charge in [-0.1, -0.05) is 23.7 Å². The summed E-state index contributed by atoms with van der Waals surface area (Å²) >= 11 is 6.12. The lowest BCUT2D eigenvalue weighted by Gasteiger charge is -2.36. The van der Waals surface area contributed by atoms with Crippen molar-refractivity contribution < 1.29 is 9.66 Å². The Kier molecular flexibility index (Phi) is 5.78. The van der Waals surface area contributed by atoms with Crippen molar-refractivity contribution in [3.8, 4) is 5.75 Å². The number of benzene rings is 2. The maximum Gasteiger partial charge on any atom is 0.278 e. The number of anilines is 1. The number of piperazine rings is 1. The topological polar surface area (TPSA) is 71.7 Å². The summed E-state index contributed by atoms with van der Waals surface area (Å²) in [6.45, 7) is 4.82. The number of pyridine rings is 1. The van der Waals surface area contributed by atoms with Crippen LogP contribution in [0.5, 0.6) is 5.75 Å². The number of rotatable bonds is 6. The number of hydrogen-bond donors (Lipinski definition) is 0. The van der Waals surface area contributed by atoms with E-state index in [0.29, 0.717) is 28.3 Å². The normalized spacial score (nSPS) is 14.9. The van der Waals surface area contributed by atoms with Crippen LogP contribution >= 0.6 is 11.6 Å². The highest BCUT2D eigenvalue weighted by molar-refractivity contribution is 6.32. The first-order chi connectivity index (χ1) is 14.1. The van der Waals surface area contributed by atoms with Crippen molar-refractivity contribution in [1.29, 1.82) is 0 Å². The van der Waals surface area contributed by atoms with Crippen LogP contribution in [-0.4, -0.2) is 54.1 Å². The van der Waals surface area contributed by atoms with Gasteiger partial charge >= 0.3 is 0 Å². The van der Waals surface area contributed by atoms with Crippen LogP contribution in [0.1, 0.15) is 0 Å². The molecule has 2 aromatic carbocycles. The van der Waals surface area contributed by atoms with E-state index in [2.05, 4.69) is 14.8 Å². The van der Waals surface area contributed by atoms with E-state index in [-0.39, 0.29) is 10.6 Å². The summed E-state index contributed by atoms with van der Waals surface area (Å²) in [6, 6.07) is 14.3. The maximum atomic E-state index is 11.3. The van der Waals surface area contributed by atoms with Crippen molar-refractivity contribution in [3.63, 3.8) is 0 Å². The van der Waals surface area contributed by atoms with Gasteiger partial charge in [-0.2, -0.15) is 0 Å². The van der Waals surface area contributed by atoms with E-state index in [0.717, 1.165) is 38.4 Å². The van der Waals surface area contributed by atoms with Gasteiger partial charge in [-0.3, -0.25) is 20.0 Å². The summed E-state index contributed by atoms with van der Waals surface area (Å²) in [6.07, 6.45) is 1.68. The average molecular weight is 413 g/mol. The fourth-order valence-corrected chi connectivity index (χ4v) is 3.81. The minimum absolute atomic E-state index is 0.0900. The van der Waals surface area contributed by atoms with Gasteiger partial charge in [0.05, 0.1) is 21.0 Å². The lowest BCUT2D eigenvalue weighted by molar-refractivity contribution is -0.383. The molecule has 0 bridgehead atoms. The van der Waals surface area contributed by atoms with Crippen molar-refractivity contribution >= 4 is 33.9 Å². The molecule has 1 aliphatic heterocycles. The van der Waals surface area contributed by atoms with Gasteiger partial charge in [0.2, 0.25) is 0 Å². The van der Waals surface area contributed by atoms with E-state index < -0.39 is 0 Å². The third kappa shape index (κ3) is 4.26. The summed E-state index contributed by atoms with van der Waals surface area (Å²) in [5, 5.41) is 12.5. The van der Waals surface area contributed by atoms with Crippen molar-refractivity contribution in [2.45, 2.75) is 0 Å². The van der Waals surface area contributed by atoms with Gasteiger partial charge in [0.1, 0.15) is 17.9 Å². The van der Waals surface area contributed by atoms with Crippen LogP contribution in [0, 0.1) is 10.1 Å². The summed E-state index contributed by atoms with van der Waals surface area (Å²) in [5.41, 5.74) is 1.71. The number of nitrogens with zero attached hydrogens (tertiary/aromatic N) is 4. The molecule has 29 heavy (non-hydrogen) atoms. The highest BCUT2D eigenvalue weighted by Gasteiger charge is 2.22. The second kappa shape index (κ2) is 8.63. The van der Waals surface area contributed by atoms with E-state index >= 15 is 0 Å². The summed E-state index contributed by atoms with van der Waals surface area (Å²) < 4.78 is 5.78. The van der Waals surface area contributed by atoms with Crippen molar-refractivity contribution in [2.75, 3.05) is 44.2 Å². The smallest absolute Gasteiger partial charge is 0.278 e. The summed E-state index contributed by atoms with van der Waals surface area (Å²) in [5.74, 6) is 0.705. The van der Waals surface area contributed by atoms with Crippen LogP contribution in [0.2, 0.25) is 5.02 Å². The molecule has 0 saturated carbocycles. The Morgan fingerprint density at radius 1 is 1.07 bits per heavy atom. The Hall–Kier alpha value is -2.90. The highest BCUT2D eigenvalue weighted by atomic mass is 35.5. The molecule has 3 aromatic rings. The first kappa shape index (κ1) is 19.4. The largest absolute Gasteiger partial charge is 0.491 e. The minimum Gasteiger partial charge on any atom is -0.491 e. The second-order valence-corrected chi connectivity index (χ2v) is 7.28. The molecular formula is C21H21ClN4O3. The van der Waals surface area contributed by atoms with Gasteiger partial charge in [-0.25, -0.2) is 0 Å². The molecule has 0 radical (unpaired) electrons. The van der Waals surface area contributed by atoms with Gasteiger partial charge in [-0.05, 0) is 30.3 Å². The number of non-ortho nitro benzene ring substituents is 1. The molecule has 7 nitrogen and oxygen atoms in total. The summed E-state index contributed by atoms with van der Waals surface area (Å²) in [4.78, 5) is 20.0. The molecule has 0 spiro atoms. The van der Waals surface area contributed by atoms with Crippen LogP contribution in [-0.2, 0) is 0 Å². The van der Waals surface area contributed by atoms with Gasteiger partial charge < -0.3 is 9.64 Å². The number of ether oxygens (including phenoxy) is 1. The number of nitro benzene ring substituents is 1. The molecule has 0 N–H and O–H groups in total. The van der Waals surface area contributed by atoms with E-state index in [1.54, 1.807) is 24.4 Å². The van der Waals surface area contributed by atoms with Crippen LogP contribution in [0.25, 0.3) is 10.9 Å². The predicted octanol–water partition coefficient (Wildman–Crippen LogP) is 4.00. The van der Waals surface area contributed by atoms with Crippen LogP contribution < -0.4 is 9.64 Å². The van der Waals surface area contributed by atoms with E-state index in [9.17, 15) is 10.1 Å². The molecule has 0 amide bonds. The van der Waals surface area contributed by atoms with Crippen molar-refractivity contribution in [1.82, 2.24) is 9.88 Å². The van der Waals surface area contributed by atoms with Crippen molar-refractivity contribution in [3.05, 3.63) is 69.9 Å². The zero-order chi connectivity index (χ0) is 20.2. The van der Waals surface area contributed by atoms with Crippen LogP contribution in [0.4, 0.5) is 11.4 Å². The van der Waals surface area contributed by atoms with Gasteiger partial charge in [0.25, 0.3) is 5.69 Å². The average Bonchev–Trinajstić information content (AvgIpc) is 2.75. The molecular weight excluding hydrogens is 392 g/mol. The second-order valence-electron chi connectivity index (χ2n) is 6.87. The standard InChI is InChI=1S/C21H21ClN4O3/c22-17-5-1-2-6-20(17)29-15-14-24-10-12-25(13-11-24)19-8-7-18(26(27)28)16-4-3-9-23-21(16)19/h1-9H,10-15H2. The van der Waals surface area contributed by atoms with Gasteiger partial charge in [0.15, 0.2) is 0 Å². The third-order valence-electron chi connectivity index (χ3n) is 5.14. The Bertz CT molecular complexity index is 1020. The molecule has 1 aliphatic rings. The fraction of sp³-hybridized carbons (Fsp3) is 0.286. The summed E-state index contributed by atoms with van der Waals surface area (Å²) in [7, 11) is 0. The van der Waals surface area contributed by atoms with Gasteiger partial charge in [0, 0.05) is 45.0 Å². The molecule has 0 atom stereocenters. The van der Waals surface area contributed by atoms with E-state index in [1.165, 1.54) is 0 Å². The molecule has 1 aromatic heterocycles. The third-order valence-corrected chi connectivity index (χ3v) is 5.45. The van der Waals surface area contributed by atoms with Gasteiger partial charge in [-0.15, -0.1) is 0 Å². The Labute approximate surface area is 173 Å². The van der Waals surface area contributed by atoms with Crippen LogP contribution in [0.15, 0.2) is 54.7 Å². The van der Waals surface area contributed by atoms with Crippen molar-refractivity contribution in [2.24, 2.45) is 0 Å². The fourth-order valence-electron chi connectivity index (χ4n) is 3.62. The Morgan fingerprint density at radius 2 is 1.86 bits per heavy atom. The van der Waals surface area contributed by atoms with E-state index in [4.69, 9.17) is 16.3 Å². The Balaban J connectivity index is 1.38. The number of hydrogen-bond acceptors (Lipinski definition) is 6. The molecule has 1 saturated heterocycles. The molecule has 4 rings (SSSR count). The minimum atomic E-state index is -0.356. The number of halogens is 1. The zero-order valence-electron chi connectivity index (χ0n) is 15.8. The molecule has 150 valence electrons. The highest BCUT2D eigenvalue weighted by Crippen LogP contribution is 2.32. The lowest BCUT2D eigenvalue weighted by atomic mass is 10.1. The molecule has 0 aliphatic carbocycles.